The molecule has 0 unspecified atom stereocenters. The van der Waals surface area contributed by atoms with E-state index in [0.29, 0.717) is 18.0 Å². The highest BCUT2D eigenvalue weighted by Crippen LogP contribution is 2.25. The molecule has 0 saturated carbocycles. The zero-order valence-corrected chi connectivity index (χ0v) is 15.1. The molecule has 1 aliphatic rings. The van der Waals surface area contributed by atoms with Crippen LogP contribution in [0.4, 0.5) is 5.69 Å². The number of aryl methyl sites for hydroxylation is 1. The summed E-state index contributed by atoms with van der Waals surface area (Å²) in [6, 6.07) is 5.39. The Morgan fingerprint density at radius 1 is 1.28 bits per heavy atom. The first-order valence-corrected chi connectivity index (χ1v) is 8.51. The van der Waals surface area contributed by atoms with Crippen molar-refractivity contribution < 1.29 is 19.1 Å². The monoisotopic (exact) mass is 349 g/mol. The van der Waals surface area contributed by atoms with Gasteiger partial charge in [-0.15, -0.1) is 0 Å². The van der Waals surface area contributed by atoms with Crippen molar-refractivity contribution in [1.82, 2.24) is 10.2 Å². The van der Waals surface area contributed by atoms with Gasteiger partial charge in [-0.1, -0.05) is 6.07 Å². The molecule has 1 fully saturated rings. The highest BCUT2D eigenvalue weighted by molar-refractivity contribution is 6.39. The first-order valence-electron chi connectivity index (χ1n) is 8.51. The van der Waals surface area contributed by atoms with Gasteiger partial charge in [0, 0.05) is 26.2 Å². The lowest BCUT2D eigenvalue weighted by Gasteiger charge is -2.32. The quantitative estimate of drug-likeness (QED) is 0.754. The summed E-state index contributed by atoms with van der Waals surface area (Å²) < 4.78 is 10.3. The van der Waals surface area contributed by atoms with Gasteiger partial charge in [0.2, 0.25) is 0 Å². The van der Waals surface area contributed by atoms with Crippen molar-refractivity contribution in [2.45, 2.75) is 25.8 Å². The van der Waals surface area contributed by atoms with E-state index in [9.17, 15) is 9.59 Å². The molecule has 1 atom stereocenters. The Morgan fingerprint density at radius 3 is 2.80 bits per heavy atom. The van der Waals surface area contributed by atoms with Crippen LogP contribution in [0.15, 0.2) is 18.2 Å². The second kappa shape index (κ2) is 9.39. The van der Waals surface area contributed by atoms with Gasteiger partial charge in [-0.3, -0.25) is 14.5 Å². The Balaban J connectivity index is 1.90. The Bertz CT molecular complexity index is 606. The van der Waals surface area contributed by atoms with Crippen LogP contribution < -0.4 is 15.4 Å². The van der Waals surface area contributed by atoms with E-state index in [2.05, 4.69) is 15.5 Å². The fourth-order valence-electron chi connectivity index (χ4n) is 2.95. The fourth-order valence-corrected chi connectivity index (χ4v) is 2.95. The van der Waals surface area contributed by atoms with E-state index in [1.807, 2.05) is 13.0 Å². The number of anilines is 1. The van der Waals surface area contributed by atoms with Crippen LogP contribution in [0.3, 0.4) is 0 Å². The smallest absolute Gasteiger partial charge is 0.313 e. The molecule has 2 N–H and O–H groups in total. The molecular weight excluding hydrogens is 322 g/mol. The highest BCUT2D eigenvalue weighted by Gasteiger charge is 2.24. The summed E-state index contributed by atoms with van der Waals surface area (Å²) in [6.45, 7) is 5.12. The number of amides is 2. The Hall–Kier alpha value is -2.12. The summed E-state index contributed by atoms with van der Waals surface area (Å²) in [7, 11) is 3.20. The maximum absolute atomic E-state index is 12.2. The van der Waals surface area contributed by atoms with E-state index in [1.54, 1.807) is 19.2 Å². The number of carbonyl (C=O) groups is 2. The van der Waals surface area contributed by atoms with Gasteiger partial charge >= 0.3 is 11.8 Å². The number of likely N-dealkylation sites (tertiary alicyclic amines) is 1. The summed E-state index contributed by atoms with van der Waals surface area (Å²) >= 11 is 0. The average molecular weight is 349 g/mol. The number of nitrogens with one attached hydrogen (secondary N) is 2. The number of carbonyl (C=O) groups excluding carboxylic acids is 2. The Labute approximate surface area is 148 Å². The molecule has 1 aliphatic heterocycles. The Morgan fingerprint density at radius 2 is 2.08 bits per heavy atom. The van der Waals surface area contributed by atoms with Crippen molar-refractivity contribution in [3.05, 3.63) is 23.8 Å². The number of ether oxygens (including phenoxy) is 2. The van der Waals surface area contributed by atoms with Gasteiger partial charge < -0.3 is 20.1 Å². The molecule has 2 rings (SSSR count). The number of benzene rings is 1. The van der Waals surface area contributed by atoms with Crippen LogP contribution in [-0.4, -0.2) is 63.2 Å². The molecule has 7 heteroatoms. The maximum atomic E-state index is 12.2. The third kappa shape index (κ3) is 5.72. The lowest BCUT2D eigenvalue weighted by Crippen LogP contribution is -2.50. The van der Waals surface area contributed by atoms with E-state index < -0.39 is 11.8 Å². The minimum absolute atomic E-state index is 0.0248. The van der Waals surface area contributed by atoms with E-state index >= 15 is 0 Å². The largest absolute Gasteiger partial charge is 0.495 e. The molecule has 1 heterocycles. The molecule has 7 nitrogen and oxygen atoms in total. The number of piperidine rings is 1. The summed E-state index contributed by atoms with van der Waals surface area (Å²) in [6.07, 6.45) is 1.86. The SMILES string of the molecule is COCCN1CCC[C@H](NC(=O)C(=O)Nc2cc(C)ccc2OC)C1. The fraction of sp³-hybridized carbons (Fsp3) is 0.556. The van der Waals surface area contributed by atoms with E-state index in [1.165, 1.54) is 7.11 Å². The van der Waals surface area contributed by atoms with E-state index in [4.69, 9.17) is 9.47 Å². The van der Waals surface area contributed by atoms with Gasteiger partial charge in [0.25, 0.3) is 0 Å². The topological polar surface area (TPSA) is 79.9 Å². The van der Waals surface area contributed by atoms with Crippen molar-refractivity contribution >= 4 is 17.5 Å². The van der Waals surface area contributed by atoms with Crippen molar-refractivity contribution in [3.63, 3.8) is 0 Å². The lowest BCUT2D eigenvalue weighted by molar-refractivity contribution is -0.136. The third-order valence-corrected chi connectivity index (χ3v) is 4.26. The minimum Gasteiger partial charge on any atom is -0.495 e. The first kappa shape index (κ1) is 19.2. The molecule has 2 amide bonds. The van der Waals surface area contributed by atoms with Crippen LogP contribution in [-0.2, 0) is 14.3 Å². The highest BCUT2D eigenvalue weighted by atomic mass is 16.5. The molecule has 0 aromatic heterocycles. The number of hydrogen-bond donors (Lipinski definition) is 2. The van der Waals surface area contributed by atoms with E-state index in [0.717, 1.165) is 38.0 Å². The number of nitrogens with zero attached hydrogens (tertiary/aromatic N) is 1. The van der Waals surface area contributed by atoms with Crippen LogP contribution in [0, 0.1) is 6.92 Å². The van der Waals surface area contributed by atoms with Crippen LogP contribution >= 0.6 is 0 Å². The van der Waals surface area contributed by atoms with Gasteiger partial charge in [-0.05, 0) is 44.0 Å². The molecule has 0 aliphatic carbocycles. The molecule has 1 aromatic rings. The van der Waals surface area contributed by atoms with Crippen molar-refractivity contribution in [3.8, 4) is 5.75 Å². The van der Waals surface area contributed by atoms with E-state index in [-0.39, 0.29) is 6.04 Å². The minimum atomic E-state index is -0.682. The third-order valence-electron chi connectivity index (χ3n) is 4.26. The number of methoxy groups -OCH3 is 2. The summed E-state index contributed by atoms with van der Waals surface area (Å²) in [5.41, 5.74) is 1.46. The predicted octanol–water partition coefficient (Wildman–Crippen LogP) is 1.17. The maximum Gasteiger partial charge on any atom is 0.313 e. The van der Waals surface area contributed by atoms with Crippen molar-refractivity contribution in [1.29, 1.82) is 0 Å². The van der Waals surface area contributed by atoms with Crippen molar-refractivity contribution in [2.24, 2.45) is 0 Å². The zero-order valence-electron chi connectivity index (χ0n) is 15.1. The predicted molar refractivity (Wildman–Crippen MR) is 95.8 cm³/mol. The van der Waals surface area contributed by atoms with Crippen LogP contribution in [0.1, 0.15) is 18.4 Å². The van der Waals surface area contributed by atoms with Gasteiger partial charge in [-0.25, -0.2) is 0 Å². The van der Waals surface area contributed by atoms with Gasteiger partial charge in [-0.2, -0.15) is 0 Å². The second-order valence-corrected chi connectivity index (χ2v) is 6.26. The Kier molecular flexibility index (Phi) is 7.21. The van der Waals surface area contributed by atoms with Crippen LogP contribution in [0.5, 0.6) is 5.75 Å². The average Bonchev–Trinajstić information content (AvgIpc) is 2.60. The second-order valence-electron chi connectivity index (χ2n) is 6.26. The van der Waals surface area contributed by atoms with Crippen molar-refractivity contribution in [2.75, 3.05) is 45.8 Å². The van der Waals surface area contributed by atoms with Gasteiger partial charge in [0.15, 0.2) is 0 Å². The summed E-state index contributed by atoms with van der Waals surface area (Å²) in [5, 5.41) is 5.45. The molecule has 1 aromatic carbocycles. The van der Waals surface area contributed by atoms with Crippen LogP contribution in [0.25, 0.3) is 0 Å². The summed E-state index contributed by atoms with van der Waals surface area (Å²) in [5.74, 6) is -0.782. The molecule has 0 spiro atoms. The molecule has 1 saturated heterocycles. The normalized spacial score (nSPS) is 17.8. The lowest BCUT2D eigenvalue weighted by atomic mass is 10.1. The number of hydrogen-bond acceptors (Lipinski definition) is 5. The first-order chi connectivity index (χ1) is 12.0. The molecule has 138 valence electrons. The standard InChI is InChI=1S/C18H27N3O4/c1-13-6-7-16(25-3)15(11-13)20-18(23)17(22)19-14-5-4-8-21(12-14)9-10-24-2/h6-7,11,14H,4-5,8-10,12H2,1-3H3,(H,19,22)(H,20,23)/t14-/m0/s1. The zero-order chi connectivity index (χ0) is 18.2. The molecule has 25 heavy (non-hydrogen) atoms. The number of rotatable bonds is 6. The molecular formula is C18H27N3O4. The molecule has 0 bridgehead atoms. The van der Waals surface area contributed by atoms with Crippen LogP contribution in [0.2, 0.25) is 0 Å². The van der Waals surface area contributed by atoms with Gasteiger partial charge in [0.05, 0.1) is 19.4 Å². The molecule has 0 radical (unpaired) electrons. The van der Waals surface area contributed by atoms with Gasteiger partial charge in [0.1, 0.15) is 5.75 Å². The summed E-state index contributed by atoms with van der Waals surface area (Å²) in [4.78, 5) is 26.7.